The van der Waals surface area contributed by atoms with E-state index in [2.05, 4.69) is 168 Å². The summed E-state index contributed by atoms with van der Waals surface area (Å²) in [6, 6.07) is 47.0. The fourth-order valence-electron chi connectivity index (χ4n) is 9.12. The van der Waals surface area contributed by atoms with Crippen LogP contribution in [0.2, 0.25) is 0 Å². The molecule has 272 valence electrons. The quantitative estimate of drug-likeness (QED) is 0.186. The minimum atomic E-state index is -0.249. The molecule has 3 aromatic heterocycles. The fourth-order valence-corrected chi connectivity index (χ4v) is 11.4. The lowest BCUT2D eigenvalue weighted by molar-refractivity contribution is 0.664. The molecule has 6 aromatic carbocycles. The van der Waals surface area contributed by atoms with Crippen molar-refractivity contribution in [3.05, 3.63) is 180 Å². The van der Waals surface area contributed by atoms with E-state index in [0.717, 1.165) is 36.5 Å². The largest absolute Gasteiger partial charge is 0.344 e. The number of aromatic nitrogens is 1. The molecule has 57 heavy (non-hydrogen) atoms. The number of benzene rings is 6. The second-order valence-electron chi connectivity index (χ2n) is 15.2. The molecule has 0 saturated heterocycles. The Hall–Kier alpha value is -6.34. The normalized spacial score (nSPS) is 17.8. The summed E-state index contributed by atoms with van der Waals surface area (Å²) in [6.07, 6.45) is 16.1. The first-order valence-corrected chi connectivity index (χ1v) is 21.4. The van der Waals surface area contributed by atoms with Crippen LogP contribution in [0.3, 0.4) is 0 Å². The molecule has 3 aliphatic rings. The smallest absolute Gasteiger partial charge is 0.148 e. The summed E-state index contributed by atoms with van der Waals surface area (Å²) < 4.78 is 7.68. The number of amidine groups is 2. The summed E-state index contributed by atoms with van der Waals surface area (Å²) in [5.74, 6) is 1.90. The minimum absolute atomic E-state index is 0.154. The standard InChI is InChI=1S/C51H36N4S2/c1-3-12-31(13-4-1)49-52-50(32-14-5-2-6-15-32)54-51(53-49)40-18-11-21-45-48(40)39-25-22-34(29-46(39)57-45)33-23-27-44-41(28-33)38-26-24-35(30-47(38)56-44)55-42-19-9-7-16-36(42)37-17-8-10-20-43(37)55/h1-9,11-14,16-19,21-30,32,51H,10,15,20H2,(H,52,53,54). The van der Waals surface area contributed by atoms with Gasteiger partial charge in [0, 0.05) is 79.7 Å². The molecular formula is C51H36N4S2. The van der Waals surface area contributed by atoms with Crippen molar-refractivity contribution < 1.29 is 0 Å². The van der Waals surface area contributed by atoms with E-state index in [0.29, 0.717) is 0 Å². The van der Waals surface area contributed by atoms with Crippen molar-refractivity contribution in [1.29, 1.82) is 0 Å². The minimum Gasteiger partial charge on any atom is -0.344 e. The van der Waals surface area contributed by atoms with Crippen molar-refractivity contribution in [3.63, 3.8) is 0 Å². The van der Waals surface area contributed by atoms with Gasteiger partial charge in [0.15, 0.2) is 0 Å². The Balaban J connectivity index is 0.921. The summed E-state index contributed by atoms with van der Waals surface area (Å²) in [4.78, 5) is 10.4. The van der Waals surface area contributed by atoms with Crippen LogP contribution in [-0.2, 0) is 6.42 Å². The van der Waals surface area contributed by atoms with Crippen LogP contribution in [0, 0.1) is 5.92 Å². The molecule has 9 aromatic rings. The van der Waals surface area contributed by atoms with Crippen molar-refractivity contribution in [3.8, 4) is 16.8 Å². The van der Waals surface area contributed by atoms with Crippen molar-refractivity contribution in [2.75, 3.05) is 0 Å². The number of aliphatic imine (C=N–C) groups is 2. The van der Waals surface area contributed by atoms with Gasteiger partial charge in [-0.15, -0.1) is 22.7 Å². The number of para-hydroxylation sites is 1. The Labute approximate surface area is 338 Å². The van der Waals surface area contributed by atoms with E-state index in [1.54, 1.807) is 0 Å². The molecule has 0 amide bonds. The maximum absolute atomic E-state index is 5.29. The monoisotopic (exact) mass is 768 g/mol. The highest BCUT2D eigenvalue weighted by Crippen LogP contribution is 2.43. The Kier molecular flexibility index (Phi) is 7.57. The highest BCUT2D eigenvalue weighted by Gasteiger charge is 2.26. The van der Waals surface area contributed by atoms with Crippen molar-refractivity contribution in [2.45, 2.75) is 25.4 Å². The van der Waals surface area contributed by atoms with E-state index in [4.69, 9.17) is 9.98 Å². The van der Waals surface area contributed by atoms with Gasteiger partial charge in [0.1, 0.15) is 17.8 Å². The number of fused-ring (bicyclic) bond motifs is 9. The molecule has 2 aliphatic carbocycles. The highest BCUT2D eigenvalue weighted by atomic mass is 32.1. The molecule has 1 N–H and O–H groups in total. The predicted molar refractivity (Wildman–Crippen MR) is 245 cm³/mol. The Morgan fingerprint density at radius 2 is 1.47 bits per heavy atom. The summed E-state index contributed by atoms with van der Waals surface area (Å²) in [6.45, 7) is 0. The van der Waals surface area contributed by atoms with E-state index in [-0.39, 0.29) is 12.1 Å². The molecule has 2 unspecified atom stereocenters. The van der Waals surface area contributed by atoms with Crippen LogP contribution in [0.15, 0.2) is 168 Å². The van der Waals surface area contributed by atoms with Crippen LogP contribution >= 0.6 is 22.7 Å². The molecule has 1 aliphatic heterocycles. The van der Waals surface area contributed by atoms with Gasteiger partial charge in [0.2, 0.25) is 0 Å². The van der Waals surface area contributed by atoms with E-state index in [1.807, 2.05) is 28.7 Å². The van der Waals surface area contributed by atoms with Crippen LogP contribution in [0.4, 0.5) is 0 Å². The molecule has 2 atom stereocenters. The number of thiophene rings is 2. The first-order chi connectivity index (χ1) is 28.2. The topological polar surface area (TPSA) is 41.7 Å². The van der Waals surface area contributed by atoms with E-state index in [9.17, 15) is 0 Å². The van der Waals surface area contributed by atoms with Gasteiger partial charge in [0.25, 0.3) is 0 Å². The third kappa shape index (κ3) is 5.39. The lowest BCUT2D eigenvalue weighted by Crippen LogP contribution is -2.35. The summed E-state index contributed by atoms with van der Waals surface area (Å²) in [7, 11) is 0. The Morgan fingerprint density at radius 3 is 2.40 bits per heavy atom. The molecule has 4 nitrogen and oxygen atoms in total. The molecule has 12 rings (SSSR count). The Bertz CT molecular complexity index is 3260. The van der Waals surface area contributed by atoms with Crippen molar-refractivity contribution >= 4 is 91.7 Å². The van der Waals surface area contributed by atoms with Crippen LogP contribution in [-0.4, -0.2) is 16.2 Å². The molecule has 0 saturated carbocycles. The number of nitrogens with zero attached hydrogens (tertiary/aromatic N) is 3. The van der Waals surface area contributed by atoms with Gasteiger partial charge in [-0.05, 0) is 72.9 Å². The molecular weight excluding hydrogens is 733 g/mol. The maximum atomic E-state index is 5.29. The van der Waals surface area contributed by atoms with E-state index < -0.39 is 0 Å². The average molecular weight is 769 g/mol. The highest BCUT2D eigenvalue weighted by molar-refractivity contribution is 7.26. The van der Waals surface area contributed by atoms with Crippen molar-refractivity contribution in [1.82, 2.24) is 9.88 Å². The number of hydrogen-bond donors (Lipinski definition) is 1. The van der Waals surface area contributed by atoms with Gasteiger partial charge in [-0.25, -0.2) is 9.98 Å². The molecule has 4 heterocycles. The van der Waals surface area contributed by atoms with Gasteiger partial charge in [-0.3, -0.25) is 0 Å². The van der Waals surface area contributed by atoms with Gasteiger partial charge in [0.05, 0.1) is 5.52 Å². The van der Waals surface area contributed by atoms with Crippen LogP contribution in [0.25, 0.3) is 74.1 Å². The van der Waals surface area contributed by atoms with Crippen LogP contribution < -0.4 is 5.32 Å². The second-order valence-corrected chi connectivity index (χ2v) is 17.4. The number of nitrogens with one attached hydrogen (secondary N) is 1. The average Bonchev–Trinajstić information content (AvgIpc) is 3.95. The zero-order chi connectivity index (χ0) is 37.5. The zero-order valence-electron chi connectivity index (χ0n) is 31.0. The molecule has 0 spiro atoms. The van der Waals surface area contributed by atoms with E-state index in [1.165, 1.54) is 84.9 Å². The Morgan fingerprint density at radius 1 is 0.632 bits per heavy atom. The first-order valence-electron chi connectivity index (χ1n) is 19.8. The summed E-state index contributed by atoms with van der Waals surface area (Å²) in [5.41, 5.74) is 10.0. The third-order valence-electron chi connectivity index (χ3n) is 11.8. The SMILES string of the molecule is C1=CCC(C2=NC(c3cccc4sc5cc(-c6ccc7sc8cc(-n9c%10c(c%11ccccc%119)C=CCC%10)ccc8c7c6)ccc5c34)NC(c3ccccc3)=N2)C=C1. The number of hydrogen-bond acceptors (Lipinski definition) is 5. The van der Waals surface area contributed by atoms with Gasteiger partial charge in [-0.1, -0.05) is 121 Å². The summed E-state index contributed by atoms with van der Waals surface area (Å²) >= 11 is 3.75. The third-order valence-corrected chi connectivity index (χ3v) is 14.1. The lowest BCUT2D eigenvalue weighted by atomic mass is 9.97. The fraction of sp³-hybridized carbons (Fsp3) is 0.0980. The van der Waals surface area contributed by atoms with E-state index >= 15 is 0 Å². The number of allylic oxidation sites excluding steroid dienone is 4. The van der Waals surface area contributed by atoms with Gasteiger partial charge < -0.3 is 9.88 Å². The molecule has 0 fully saturated rings. The first kappa shape index (κ1) is 32.9. The molecule has 6 heteroatoms. The zero-order valence-corrected chi connectivity index (χ0v) is 32.7. The van der Waals surface area contributed by atoms with Crippen molar-refractivity contribution in [2.24, 2.45) is 15.9 Å². The molecule has 0 bridgehead atoms. The maximum Gasteiger partial charge on any atom is 0.148 e. The number of rotatable bonds is 5. The van der Waals surface area contributed by atoms with Crippen LogP contribution in [0.1, 0.15) is 41.4 Å². The van der Waals surface area contributed by atoms with Gasteiger partial charge >= 0.3 is 0 Å². The van der Waals surface area contributed by atoms with Gasteiger partial charge in [-0.2, -0.15) is 0 Å². The lowest BCUT2D eigenvalue weighted by Gasteiger charge is -2.26. The second kappa shape index (κ2) is 13.1. The van der Waals surface area contributed by atoms with Crippen LogP contribution in [0.5, 0.6) is 0 Å². The predicted octanol–water partition coefficient (Wildman–Crippen LogP) is 13.6. The molecule has 0 radical (unpaired) electrons. The summed E-state index contributed by atoms with van der Waals surface area (Å²) in [5, 5.41) is 10.2.